The minimum atomic E-state index is -1.50. The summed E-state index contributed by atoms with van der Waals surface area (Å²) in [6.45, 7) is 5.08. The molecule has 204 valence electrons. The average Bonchev–Trinajstić information content (AvgIpc) is 3.66. The lowest BCUT2D eigenvalue weighted by atomic mass is 9.57. The summed E-state index contributed by atoms with van der Waals surface area (Å²) >= 11 is 6.72. The lowest BCUT2D eigenvalue weighted by Gasteiger charge is -2.43. The van der Waals surface area contributed by atoms with E-state index >= 15 is 0 Å². The number of nitrogens with one attached hydrogen (secondary N) is 2. The van der Waals surface area contributed by atoms with Crippen molar-refractivity contribution in [2.75, 3.05) is 23.8 Å². The number of hydrogen-bond acceptors (Lipinski definition) is 5. The van der Waals surface area contributed by atoms with Gasteiger partial charge in [-0.3, -0.25) is 19.3 Å². The number of nitrogens with zero attached hydrogens (tertiary/aromatic N) is 1. The maximum absolute atomic E-state index is 14.8. The van der Waals surface area contributed by atoms with Crippen molar-refractivity contribution in [2.24, 2.45) is 5.92 Å². The van der Waals surface area contributed by atoms with E-state index < -0.39 is 16.9 Å². The summed E-state index contributed by atoms with van der Waals surface area (Å²) in [5, 5.41) is 6.54. The Morgan fingerprint density at radius 3 is 2.70 bits per heavy atom. The molecule has 4 heterocycles. The van der Waals surface area contributed by atoms with Crippen LogP contribution in [-0.2, 0) is 20.5 Å². The Bertz CT molecular complexity index is 1600. The lowest BCUT2D eigenvalue weighted by molar-refractivity contribution is -0.137. The van der Waals surface area contributed by atoms with Gasteiger partial charge in [-0.15, -0.1) is 0 Å². The third-order valence-electron chi connectivity index (χ3n) is 9.18. The zero-order valence-electron chi connectivity index (χ0n) is 22.4. The van der Waals surface area contributed by atoms with Gasteiger partial charge in [0.25, 0.3) is 5.91 Å². The van der Waals surface area contributed by atoms with Crippen LogP contribution < -0.4 is 15.4 Å². The number of anilines is 2. The molecule has 3 aromatic rings. The Hall–Kier alpha value is -3.68. The third kappa shape index (κ3) is 3.02. The second-order valence-electron chi connectivity index (χ2n) is 11.3. The van der Waals surface area contributed by atoms with Gasteiger partial charge < -0.3 is 15.4 Å². The number of halogens is 1. The summed E-state index contributed by atoms with van der Waals surface area (Å²) in [5.74, 6) is -1.01. The topological polar surface area (TPSA) is 87.7 Å². The molecule has 2 spiro atoms. The fourth-order valence-corrected chi connectivity index (χ4v) is 8.23. The van der Waals surface area contributed by atoms with Gasteiger partial charge in [-0.1, -0.05) is 54.9 Å². The molecule has 4 aliphatic rings. The van der Waals surface area contributed by atoms with Gasteiger partial charge in [0.15, 0.2) is 5.78 Å². The Balaban J connectivity index is 1.53. The van der Waals surface area contributed by atoms with E-state index in [0.29, 0.717) is 58.4 Å². The Labute approximate surface area is 237 Å². The van der Waals surface area contributed by atoms with Crippen LogP contribution in [-0.4, -0.2) is 41.7 Å². The van der Waals surface area contributed by atoms with E-state index in [2.05, 4.69) is 15.5 Å². The third-order valence-corrected chi connectivity index (χ3v) is 9.47. The standard InChI is InChI=1S/C32H30ClN3O4/c1-3-14-40-20-9-6-8-19(17-20)28(37)26-25-12-7-13-36(25)32(22-15-18(2)16-23(33)27(22)35-30(32)39)31(26)21-10-4-5-11-24(21)34-29(31)38/h4-6,8-11,15-17,25-26H,3,7,12-14H2,1-2H3,(H,34,38)(H,35,39)/t25-,26-,31+,32+/m1/s1. The summed E-state index contributed by atoms with van der Waals surface area (Å²) in [4.78, 5) is 46.1. The predicted octanol–water partition coefficient (Wildman–Crippen LogP) is 5.45. The maximum atomic E-state index is 14.8. The number of Topliss-reactive ketones (excluding diaryl/α,β-unsaturated/α-hetero) is 1. The highest BCUT2D eigenvalue weighted by molar-refractivity contribution is 6.35. The first-order chi connectivity index (χ1) is 19.3. The van der Waals surface area contributed by atoms with E-state index in [0.717, 1.165) is 18.4 Å². The van der Waals surface area contributed by atoms with Gasteiger partial charge in [-0.2, -0.15) is 0 Å². The SMILES string of the molecule is CCCOc1cccc(C(=O)[C@H]2[C@H]3CCCN3[C@@]3(C(=O)Nc4c(Cl)cc(C)cc43)[C@]23C(=O)Nc2ccccc23)c1. The molecular weight excluding hydrogens is 526 g/mol. The van der Waals surface area contributed by atoms with Crippen molar-refractivity contribution in [3.63, 3.8) is 0 Å². The maximum Gasteiger partial charge on any atom is 0.251 e. The lowest BCUT2D eigenvalue weighted by Crippen LogP contribution is -2.62. The highest BCUT2D eigenvalue weighted by Crippen LogP contribution is 2.68. The second kappa shape index (κ2) is 8.91. The van der Waals surface area contributed by atoms with Crippen LogP contribution in [0.3, 0.4) is 0 Å². The van der Waals surface area contributed by atoms with E-state index in [1.54, 1.807) is 12.1 Å². The molecule has 8 heteroatoms. The molecule has 0 saturated carbocycles. The molecule has 4 atom stereocenters. The van der Waals surface area contributed by atoms with Crippen LogP contribution in [0.2, 0.25) is 5.02 Å². The Morgan fingerprint density at radius 1 is 1.05 bits per heavy atom. The van der Waals surface area contributed by atoms with Crippen molar-refractivity contribution < 1.29 is 19.1 Å². The number of rotatable bonds is 5. The quantitative estimate of drug-likeness (QED) is 0.409. The number of fused-ring (bicyclic) bond motifs is 7. The molecule has 4 aliphatic heterocycles. The zero-order chi connectivity index (χ0) is 27.8. The van der Waals surface area contributed by atoms with E-state index in [-0.39, 0.29) is 23.6 Å². The van der Waals surface area contributed by atoms with Crippen LogP contribution in [0.1, 0.15) is 53.2 Å². The predicted molar refractivity (Wildman–Crippen MR) is 153 cm³/mol. The molecule has 3 aromatic carbocycles. The molecule has 0 aromatic heterocycles. The van der Waals surface area contributed by atoms with Crippen LogP contribution in [0.4, 0.5) is 11.4 Å². The molecule has 0 bridgehead atoms. The molecule has 7 rings (SSSR count). The number of carbonyl (C=O) groups is 3. The monoisotopic (exact) mass is 555 g/mol. The van der Waals surface area contributed by atoms with Crippen LogP contribution in [0, 0.1) is 12.8 Å². The van der Waals surface area contributed by atoms with E-state index in [9.17, 15) is 14.4 Å². The van der Waals surface area contributed by atoms with Crippen molar-refractivity contribution in [3.05, 3.63) is 87.9 Å². The van der Waals surface area contributed by atoms with Gasteiger partial charge in [0.2, 0.25) is 5.91 Å². The van der Waals surface area contributed by atoms with Crippen molar-refractivity contribution in [2.45, 2.75) is 50.1 Å². The molecule has 0 radical (unpaired) electrons. The largest absolute Gasteiger partial charge is 0.494 e. The van der Waals surface area contributed by atoms with Crippen molar-refractivity contribution in [1.29, 1.82) is 0 Å². The van der Waals surface area contributed by atoms with E-state index in [1.165, 1.54) is 0 Å². The first kappa shape index (κ1) is 25.3. The highest BCUT2D eigenvalue weighted by atomic mass is 35.5. The summed E-state index contributed by atoms with van der Waals surface area (Å²) in [7, 11) is 0. The molecule has 0 unspecified atom stereocenters. The minimum absolute atomic E-state index is 0.164. The van der Waals surface area contributed by atoms with Gasteiger partial charge in [0.05, 0.1) is 23.2 Å². The second-order valence-corrected chi connectivity index (χ2v) is 11.7. The van der Waals surface area contributed by atoms with Crippen molar-refractivity contribution in [3.8, 4) is 5.75 Å². The van der Waals surface area contributed by atoms with Crippen molar-refractivity contribution >= 4 is 40.6 Å². The van der Waals surface area contributed by atoms with E-state index in [4.69, 9.17) is 16.3 Å². The number of amides is 2. The average molecular weight is 556 g/mol. The number of ketones is 1. The molecule has 2 N–H and O–H groups in total. The molecule has 7 nitrogen and oxygen atoms in total. The van der Waals surface area contributed by atoms with Gasteiger partial charge in [-0.05, 0) is 68.1 Å². The molecule has 2 amide bonds. The fraction of sp³-hybridized carbons (Fsp3) is 0.344. The highest BCUT2D eigenvalue weighted by Gasteiger charge is 2.81. The smallest absolute Gasteiger partial charge is 0.251 e. The summed E-state index contributed by atoms with van der Waals surface area (Å²) < 4.78 is 5.85. The Morgan fingerprint density at radius 2 is 1.88 bits per heavy atom. The number of hydrogen-bond donors (Lipinski definition) is 2. The number of ether oxygens (including phenoxy) is 1. The van der Waals surface area contributed by atoms with Crippen LogP contribution >= 0.6 is 11.6 Å². The van der Waals surface area contributed by atoms with Crippen LogP contribution in [0.15, 0.2) is 60.7 Å². The first-order valence-electron chi connectivity index (χ1n) is 13.9. The molecule has 2 saturated heterocycles. The minimum Gasteiger partial charge on any atom is -0.494 e. The summed E-state index contributed by atoms with van der Waals surface area (Å²) in [6.07, 6.45) is 2.36. The molecule has 0 aliphatic carbocycles. The number of para-hydroxylation sites is 1. The van der Waals surface area contributed by atoms with Crippen LogP contribution in [0.5, 0.6) is 5.75 Å². The number of carbonyl (C=O) groups excluding carboxylic acids is 3. The first-order valence-corrected chi connectivity index (χ1v) is 14.3. The number of aryl methyl sites for hydroxylation is 1. The van der Waals surface area contributed by atoms with Crippen molar-refractivity contribution in [1.82, 2.24) is 4.90 Å². The molecule has 2 fully saturated rings. The normalized spacial score (nSPS) is 28.0. The zero-order valence-corrected chi connectivity index (χ0v) is 23.2. The fourth-order valence-electron chi connectivity index (χ4n) is 7.91. The summed E-state index contributed by atoms with van der Waals surface area (Å²) in [6, 6.07) is 18.1. The Kier molecular flexibility index (Phi) is 5.64. The number of benzene rings is 3. The molecular formula is C32H30ClN3O4. The van der Waals surface area contributed by atoms with Gasteiger partial charge >= 0.3 is 0 Å². The molecule has 40 heavy (non-hydrogen) atoms. The van der Waals surface area contributed by atoms with Crippen LogP contribution in [0.25, 0.3) is 0 Å². The van der Waals surface area contributed by atoms with Gasteiger partial charge in [-0.25, -0.2) is 0 Å². The summed E-state index contributed by atoms with van der Waals surface area (Å²) in [5.41, 5.74) is 0.898. The van der Waals surface area contributed by atoms with Gasteiger partial charge in [0.1, 0.15) is 16.7 Å². The van der Waals surface area contributed by atoms with Gasteiger partial charge in [0, 0.05) is 22.9 Å². The van der Waals surface area contributed by atoms with E-state index in [1.807, 2.05) is 62.4 Å².